The summed E-state index contributed by atoms with van der Waals surface area (Å²) in [5.74, 6) is -1.86. The summed E-state index contributed by atoms with van der Waals surface area (Å²) in [7, 11) is 1.30. The Labute approximate surface area is 224 Å². The van der Waals surface area contributed by atoms with Gasteiger partial charge in [0.05, 0.1) is 31.4 Å². The van der Waals surface area contributed by atoms with E-state index < -0.39 is 23.8 Å². The molecule has 0 radical (unpaired) electrons. The van der Waals surface area contributed by atoms with E-state index in [0.29, 0.717) is 5.69 Å². The molecule has 0 aromatic heterocycles. The molecule has 1 unspecified atom stereocenters. The maximum atomic E-state index is 13.2. The van der Waals surface area contributed by atoms with Crippen molar-refractivity contribution in [2.45, 2.75) is 71.4 Å². The molecule has 9 nitrogen and oxygen atoms in total. The van der Waals surface area contributed by atoms with Crippen molar-refractivity contribution in [3.8, 4) is 5.75 Å². The number of methoxy groups -OCH3 is 1. The molecule has 2 amide bonds. The second kappa shape index (κ2) is 11.9. The van der Waals surface area contributed by atoms with Crippen molar-refractivity contribution in [2.75, 3.05) is 13.7 Å². The lowest BCUT2D eigenvalue weighted by molar-refractivity contribution is -0.172. The Morgan fingerprint density at radius 2 is 1.76 bits per heavy atom. The van der Waals surface area contributed by atoms with Gasteiger partial charge in [-0.3, -0.25) is 19.9 Å². The van der Waals surface area contributed by atoms with Crippen molar-refractivity contribution in [1.82, 2.24) is 15.1 Å². The number of rotatable bonds is 8. The molecule has 38 heavy (non-hydrogen) atoms. The van der Waals surface area contributed by atoms with E-state index in [1.54, 1.807) is 11.8 Å². The van der Waals surface area contributed by atoms with E-state index in [0.717, 1.165) is 29.7 Å². The molecule has 1 saturated carbocycles. The smallest absolute Gasteiger partial charge is 0.327 e. The van der Waals surface area contributed by atoms with Crippen LogP contribution in [0.5, 0.6) is 5.75 Å². The summed E-state index contributed by atoms with van der Waals surface area (Å²) in [6.07, 6.45) is 6.06. The lowest BCUT2D eigenvalue weighted by Gasteiger charge is -2.49. The van der Waals surface area contributed by atoms with Crippen molar-refractivity contribution < 1.29 is 24.2 Å². The van der Waals surface area contributed by atoms with Crippen LogP contribution in [-0.4, -0.2) is 58.5 Å². The first-order valence-corrected chi connectivity index (χ1v) is 13.2. The number of urea groups is 1. The largest absolute Gasteiger partial charge is 0.490 e. The third-order valence-corrected chi connectivity index (χ3v) is 7.19. The molecule has 2 aliphatic rings. The molecule has 2 fully saturated rings. The number of hydrogen-bond acceptors (Lipinski definition) is 6. The van der Waals surface area contributed by atoms with Crippen LogP contribution < -0.4 is 10.1 Å². The SMILES string of the molecule is COC(=O)[C@@H](C)CN1C(=O)NC(=Nc2ccc(OC3CCCCC3)cc2)N(Cc2ccc(C)cc2)C1(C)O. The van der Waals surface area contributed by atoms with E-state index in [1.165, 1.54) is 38.2 Å². The Morgan fingerprint density at radius 1 is 1.11 bits per heavy atom. The molecule has 204 valence electrons. The average Bonchev–Trinajstić information content (AvgIpc) is 2.91. The number of nitrogens with zero attached hydrogens (tertiary/aromatic N) is 3. The van der Waals surface area contributed by atoms with Gasteiger partial charge in [0.25, 0.3) is 0 Å². The zero-order valence-corrected chi connectivity index (χ0v) is 22.6. The normalized spacial score (nSPS) is 22.2. The number of carbonyl (C=O) groups is 2. The van der Waals surface area contributed by atoms with Crippen molar-refractivity contribution >= 4 is 23.6 Å². The number of carbonyl (C=O) groups excluding carboxylic acids is 2. The van der Waals surface area contributed by atoms with Gasteiger partial charge in [0, 0.05) is 13.5 Å². The summed E-state index contributed by atoms with van der Waals surface area (Å²) in [4.78, 5) is 32.7. The van der Waals surface area contributed by atoms with Gasteiger partial charge in [0.15, 0.2) is 0 Å². The number of nitrogens with one attached hydrogen (secondary N) is 1. The quantitative estimate of drug-likeness (QED) is 0.487. The van der Waals surface area contributed by atoms with Gasteiger partial charge in [0.2, 0.25) is 11.8 Å². The third-order valence-electron chi connectivity index (χ3n) is 7.19. The van der Waals surface area contributed by atoms with Crippen LogP contribution in [0.2, 0.25) is 0 Å². The van der Waals surface area contributed by atoms with Crippen LogP contribution in [0, 0.1) is 12.8 Å². The molecule has 2 N–H and O–H groups in total. The van der Waals surface area contributed by atoms with E-state index in [9.17, 15) is 14.7 Å². The van der Waals surface area contributed by atoms with Crippen molar-refractivity contribution in [3.05, 3.63) is 59.7 Å². The average molecular weight is 523 g/mol. The number of esters is 1. The van der Waals surface area contributed by atoms with Gasteiger partial charge >= 0.3 is 12.0 Å². The number of aryl methyl sites for hydroxylation is 1. The summed E-state index contributed by atoms with van der Waals surface area (Å²) in [5, 5.41) is 14.5. The highest BCUT2D eigenvalue weighted by Crippen LogP contribution is 2.29. The molecule has 1 aliphatic carbocycles. The maximum Gasteiger partial charge on any atom is 0.327 e. The summed E-state index contributed by atoms with van der Waals surface area (Å²) >= 11 is 0. The topological polar surface area (TPSA) is 104 Å². The molecule has 2 aromatic carbocycles. The first kappa shape index (κ1) is 27.4. The Morgan fingerprint density at radius 3 is 2.39 bits per heavy atom. The van der Waals surface area contributed by atoms with E-state index in [4.69, 9.17) is 9.47 Å². The molecule has 4 rings (SSSR count). The Bertz CT molecular complexity index is 1140. The lowest BCUT2D eigenvalue weighted by Crippen LogP contribution is -2.72. The summed E-state index contributed by atoms with van der Waals surface area (Å²) in [6, 6.07) is 14.8. The fourth-order valence-electron chi connectivity index (χ4n) is 4.86. The molecule has 0 spiro atoms. The molecule has 1 saturated heterocycles. The molecule has 2 atom stereocenters. The molecule has 0 bridgehead atoms. The number of guanidine groups is 1. The van der Waals surface area contributed by atoms with Gasteiger partial charge in [-0.25, -0.2) is 9.79 Å². The van der Waals surface area contributed by atoms with Crippen molar-refractivity contribution in [3.63, 3.8) is 0 Å². The molecule has 1 aliphatic heterocycles. The van der Waals surface area contributed by atoms with Crippen LogP contribution in [0.15, 0.2) is 53.5 Å². The van der Waals surface area contributed by atoms with Gasteiger partial charge in [-0.05, 0) is 62.4 Å². The number of amides is 2. The van der Waals surface area contributed by atoms with Gasteiger partial charge in [-0.2, -0.15) is 0 Å². The van der Waals surface area contributed by atoms with Gasteiger partial charge in [-0.1, -0.05) is 43.2 Å². The zero-order valence-electron chi connectivity index (χ0n) is 22.6. The minimum atomic E-state index is -1.77. The highest BCUT2D eigenvalue weighted by molar-refractivity contribution is 6.00. The van der Waals surface area contributed by atoms with Gasteiger partial charge in [-0.15, -0.1) is 0 Å². The number of hydrogen-bond donors (Lipinski definition) is 2. The fourth-order valence-corrected chi connectivity index (χ4v) is 4.86. The summed E-state index contributed by atoms with van der Waals surface area (Å²) in [6.45, 7) is 5.43. The Hall–Kier alpha value is -3.59. The second-order valence-corrected chi connectivity index (χ2v) is 10.3. The summed E-state index contributed by atoms with van der Waals surface area (Å²) < 4.78 is 10.9. The highest BCUT2D eigenvalue weighted by atomic mass is 16.5. The highest BCUT2D eigenvalue weighted by Gasteiger charge is 2.47. The molecular formula is C29H38N4O5. The van der Waals surface area contributed by atoms with Crippen LogP contribution in [0.25, 0.3) is 0 Å². The first-order chi connectivity index (χ1) is 18.2. The van der Waals surface area contributed by atoms with E-state index in [1.807, 2.05) is 55.5 Å². The van der Waals surface area contributed by atoms with Crippen molar-refractivity contribution in [2.24, 2.45) is 10.9 Å². The number of aliphatic imine (C=N–C) groups is 1. The maximum absolute atomic E-state index is 13.2. The Balaban J connectivity index is 1.60. The van der Waals surface area contributed by atoms with Gasteiger partial charge in [0.1, 0.15) is 5.75 Å². The van der Waals surface area contributed by atoms with Gasteiger partial charge < -0.3 is 14.6 Å². The minimum absolute atomic E-state index is 0.0314. The molecule has 9 heteroatoms. The fraction of sp³-hybridized carbons (Fsp3) is 0.483. The molecule has 2 aromatic rings. The minimum Gasteiger partial charge on any atom is -0.490 e. The van der Waals surface area contributed by atoms with Crippen LogP contribution in [0.1, 0.15) is 57.1 Å². The Kier molecular flexibility index (Phi) is 8.56. The van der Waals surface area contributed by atoms with Crippen LogP contribution in [0.3, 0.4) is 0 Å². The number of ether oxygens (including phenoxy) is 2. The van der Waals surface area contributed by atoms with Crippen LogP contribution >= 0.6 is 0 Å². The predicted octanol–water partition coefficient (Wildman–Crippen LogP) is 4.70. The van der Waals surface area contributed by atoms with E-state index in [2.05, 4.69) is 10.3 Å². The summed E-state index contributed by atoms with van der Waals surface area (Å²) in [5.41, 5.74) is 2.65. The third kappa shape index (κ3) is 6.45. The standard InChI is InChI=1S/C29H38N4O5/c1-20-10-12-22(13-11-20)19-32-27(31-28(35)33(29(32,3)36)18-21(2)26(34)37-4)30-23-14-16-25(17-15-23)38-24-8-6-5-7-9-24/h10-17,21,24,36H,5-9,18-19H2,1-4H3,(H,30,31,35)/t21-,29?/m0/s1. The van der Waals surface area contributed by atoms with Crippen LogP contribution in [0.4, 0.5) is 10.5 Å². The number of aliphatic hydroxyl groups is 1. The van der Waals surface area contributed by atoms with E-state index >= 15 is 0 Å². The zero-order chi connectivity index (χ0) is 27.3. The molecular weight excluding hydrogens is 484 g/mol. The second-order valence-electron chi connectivity index (χ2n) is 10.3. The number of benzene rings is 2. The molecule has 1 heterocycles. The predicted molar refractivity (Wildman–Crippen MR) is 145 cm³/mol. The monoisotopic (exact) mass is 522 g/mol. The lowest BCUT2D eigenvalue weighted by atomic mass is 9.98. The van der Waals surface area contributed by atoms with E-state index in [-0.39, 0.29) is 25.2 Å². The van der Waals surface area contributed by atoms with Crippen LogP contribution in [-0.2, 0) is 16.1 Å². The van der Waals surface area contributed by atoms with Crippen molar-refractivity contribution in [1.29, 1.82) is 0 Å². The first-order valence-electron chi connectivity index (χ1n) is 13.2.